The van der Waals surface area contributed by atoms with Crippen LogP contribution in [0.1, 0.15) is 23.6 Å². The number of hydrogen-bond donors (Lipinski definition) is 1. The van der Waals surface area contributed by atoms with Gasteiger partial charge in [-0.3, -0.25) is 0 Å². The summed E-state index contributed by atoms with van der Waals surface area (Å²) >= 11 is 0. The monoisotopic (exact) mass is 272 g/mol. The Hall–Kier alpha value is -1.24. The second-order valence-corrected chi connectivity index (χ2v) is 3.97. The lowest BCUT2D eigenvalue weighted by molar-refractivity contribution is -0.143. The molecule has 1 nitrogen and oxygen atoms in total. The molecule has 1 rings (SSSR count). The van der Waals surface area contributed by atoms with Crippen LogP contribution < -0.4 is 0 Å². The van der Waals surface area contributed by atoms with Gasteiger partial charge in [-0.1, -0.05) is 0 Å². The van der Waals surface area contributed by atoms with Crippen LogP contribution in [-0.4, -0.2) is 11.2 Å². The summed E-state index contributed by atoms with van der Waals surface area (Å²) in [6.45, 7) is 1.29. The van der Waals surface area contributed by atoms with Gasteiger partial charge >= 0.3 is 12.4 Å². The van der Waals surface area contributed by atoms with Crippen molar-refractivity contribution in [3.63, 3.8) is 0 Å². The summed E-state index contributed by atoms with van der Waals surface area (Å²) in [6, 6.07) is 1.29. The van der Waals surface area contributed by atoms with E-state index in [0.29, 0.717) is 12.1 Å². The fourth-order valence-corrected chi connectivity index (χ4v) is 1.48. The van der Waals surface area contributed by atoms with Gasteiger partial charge in [0.2, 0.25) is 0 Å². The van der Waals surface area contributed by atoms with Crippen LogP contribution >= 0.6 is 0 Å². The molecule has 1 N–H and O–H groups in total. The summed E-state index contributed by atoms with van der Waals surface area (Å²) < 4.78 is 74.7. The van der Waals surface area contributed by atoms with E-state index in [2.05, 4.69) is 0 Å². The van der Waals surface area contributed by atoms with Crippen LogP contribution in [-0.2, 0) is 18.8 Å². The van der Waals surface area contributed by atoms with E-state index in [4.69, 9.17) is 5.11 Å². The van der Waals surface area contributed by atoms with Crippen LogP contribution in [0.2, 0.25) is 0 Å². The molecular formula is C11H10F6O. The summed E-state index contributed by atoms with van der Waals surface area (Å²) in [7, 11) is 0. The van der Waals surface area contributed by atoms with Gasteiger partial charge in [0.1, 0.15) is 0 Å². The third-order valence-electron chi connectivity index (χ3n) is 2.18. The van der Waals surface area contributed by atoms with Crippen LogP contribution in [0.15, 0.2) is 18.2 Å². The van der Waals surface area contributed by atoms with E-state index in [0.717, 1.165) is 0 Å². The minimum absolute atomic E-state index is 0.0611. The molecule has 0 amide bonds. The average molecular weight is 272 g/mol. The van der Waals surface area contributed by atoms with E-state index in [-0.39, 0.29) is 18.1 Å². The standard InChI is InChI=1S/C11H10F6O/c1-6(18)2-7-3-8(10(12,13)14)5-9(4-7)11(15,16)17/h3-6,18H,2H2,1H3. The Bertz CT molecular complexity index is 386. The van der Waals surface area contributed by atoms with Crippen molar-refractivity contribution in [2.24, 2.45) is 0 Å². The minimum Gasteiger partial charge on any atom is -0.393 e. The first-order chi connectivity index (χ1) is 8.00. The number of benzene rings is 1. The molecule has 0 aromatic heterocycles. The van der Waals surface area contributed by atoms with Crippen molar-refractivity contribution in [2.45, 2.75) is 31.8 Å². The lowest BCUT2D eigenvalue weighted by atomic mass is 10.0. The van der Waals surface area contributed by atoms with Crippen molar-refractivity contribution < 1.29 is 31.4 Å². The molecule has 0 aliphatic heterocycles. The van der Waals surface area contributed by atoms with E-state index in [1.165, 1.54) is 6.92 Å². The van der Waals surface area contributed by atoms with Gasteiger partial charge in [-0.15, -0.1) is 0 Å². The third-order valence-corrected chi connectivity index (χ3v) is 2.18. The van der Waals surface area contributed by atoms with Crippen molar-refractivity contribution in [1.29, 1.82) is 0 Å². The summed E-state index contributed by atoms with van der Waals surface area (Å²) in [5, 5.41) is 9.03. The highest BCUT2D eigenvalue weighted by atomic mass is 19.4. The Morgan fingerprint density at radius 1 is 0.944 bits per heavy atom. The van der Waals surface area contributed by atoms with Gasteiger partial charge in [0.25, 0.3) is 0 Å². The Balaban J connectivity index is 3.29. The third kappa shape index (κ3) is 3.90. The number of halogens is 6. The first kappa shape index (κ1) is 14.8. The lowest BCUT2D eigenvalue weighted by Crippen LogP contribution is -2.13. The smallest absolute Gasteiger partial charge is 0.393 e. The van der Waals surface area contributed by atoms with Crippen molar-refractivity contribution in [1.82, 2.24) is 0 Å². The van der Waals surface area contributed by atoms with Crippen LogP contribution in [0.4, 0.5) is 26.3 Å². The summed E-state index contributed by atoms with van der Waals surface area (Å²) in [5.41, 5.74) is -2.94. The van der Waals surface area contributed by atoms with Crippen molar-refractivity contribution in [2.75, 3.05) is 0 Å². The second-order valence-electron chi connectivity index (χ2n) is 3.97. The van der Waals surface area contributed by atoms with Gasteiger partial charge in [0.05, 0.1) is 17.2 Å². The van der Waals surface area contributed by atoms with Crippen LogP contribution in [0.3, 0.4) is 0 Å². The Morgan fingerprint density at radius 2 is 1.33 bits per heavy atom. The lowest BCUT2D eigenvalue weighted by Gasteiger charge is -2.14. The molecule has 0 saturated carbocycles. The predicted molar refractivity (Wildman–Crippen MR) is 51.8 cm³/mol. The van der Waals surface area contributed by atoms with Gasteiger partial charge in [-0.25, -0.2) is 0 Å². The molecule has 0 fully saturated rings. The summed E-state index contributed by atoms with van der Waals surface area (Å²) in [4.78, 5) is 0. The maximum absolute atomic E-state index is 12.4. The first-order valence-corrected chi connectivity index (χ1v) is 4.96. The van der Waals surface area contributed by atoms with Crippen molar-refractivity contribution >= 4 is 0 Å². The molecule has 0 spiro atoms. The predicted octanol–water partition coefficient (Wildman–Crippen LogP) is 3.65. The molecule has 102 valence electrons. The topological polar surface area (TPSA) is 20.2 Å². The molecule has 0 aliphatic carbocycles. The van der Waals surface area contributed by atoms with Gasteiger partial charge in [-0.05, 0) is 37.1 Å². The molecule has 0 bridgehead atoms. The van der Waals surface area contributed by atoms with E-state index in [1.807, 2.05) is 0 Å². The number of aliphatic hydroxyl groups is 1. The highest BCUT2D eigenvalue weighted by Crippen LogP contribution is 2.36. The maximum Gasteiger partial charge on any atom is 0.416 e. The van der Waals surface area contributed by atoms with Gasteiger partial charge < -0.3 is 5.11 Å². The fourth-order valence-electron chi connectivity index (χ4n) is 1.48. The number of hydrogen-bond acceptors (Lipinski definition) is 1. The van der Waals surface area contributed by atoms with E-state index >= 15 is 0 Å². The van der Waals surface area contributed by atoms with Crippen molar-refractivity contribution in [3.05, 3.63) is 34.9 Å². The average Bonchev–Trinajstić information content (AvgIpc) is 2.13. The normalized spacial score (nSPS) is 14.7. The summed E-state index contributed by atoms with van der Waals surface area (Å²) in [5.74, 6) is 0. The highest BCUT2D eigenvalue weighted by molar-refractivity contribution is 5.33. The molecule has 7 heteroatoms. The SMILES string of the molecule is CC(O)Cc1cc(C(F)(F)F)cc(C(F)(F)F)c1. The zero-order valence-corrected chi connectivity index (χ0v) is 9.23. The molecule has 0 saturated heterocycles. The highest BCUT2D eigenvalue weighted by Gasteiger charge is 2.36. The Labute approximate surface area is 99.0 Å². The maximum atomic E-state index is 12.4. The number of rotatable bonds is 2. The molecule has 1 aromatic rings. The summed E-state index contributed by atoms with van der Waals surface area (Å²) in [6.07, 6.45) is -11.0. The van der Waals surface area contributed by atoms with E-state index in [1.54, 1.807) is 0 Å². The minimum atomic E-state index is -4.85. The van der Waals surface area contributed by atoms with Crippen LogP contribution in [0.25, 0.3) is 0 Å². The quantitative estimate of drug-likeness (QED) is 0.815. The second kappa shape index (κ2) is 4.79. The largest absolute Gasteiger partial charge is 0.416 e. The molecule has 18 heavy (non-hydrogen) atoms. The molecule has 1 aromatic carbocycles. The van der Waals surface area contributed by atoms with E-state index < -0.39 is 29.6 Å². The zero-order chi connectivity index (χ0) is 14.1. The molecule has 0 radical (unpaired) electrons. The number of aliphatic hydroxyl groups excluding tert-OH is 1. The molecular weight excluding hydrogens is 262 g/mol. The number of alkyl halides is 6. The Morgan fingerprint density at radius 3 is 1.61 bits per heavy atom. The molecule has 1 atom stereocenters. The molecule has 0 heterocycles. The van der Waals surface area contributed by atoms with Crippen LogP contribution in [0, 0.1) is 0 Å². The van der Waals surface area contributed by atoms with Gasteiger partial charge in [0.15, 0.2) is 0 Å². The van der Waals surface area contributed by atoms with Gasteiger partial charge in [0, 0.05) is 0 Å². The van der Waals surface area contributed by atoms with E-state index in [9.17, 15) is 26.3 Å². The van der Waals surface area contributed by atoms with Gasteiger partial charge in [-0.2, -0.15) is 26.3 Å². The Kier molecular flexibility index (Phi) is 3.95. The first-order valence-electron chi connectivity index (χ1n) is 4.96. The molecule has 1 unspecified atom stereocenters. The molecule has 0 aliphatic rings. The fraction of sp³-hybridized carbons (Fsp3) is 0.455. The zero-order valence-electron chi connectivity index (χ0n) is 9.23. The van der Waals surface area contributed by atoms with Crippen molar-refractivity contribution in [3.8, 4) is 0 Å². The van der Waals surface area contributed by atoms with Crippen LogP contribution in [0.5, 0.6) is 0 Å².